The number of nitrogens with one attached hydrogen (secondary N) is 1. The average molecular weight is 439 g/mol. The molecular weight excluding hydrogens is 408 g/mol. The Morgan fingerprint density at radius 1 is 1.09 bits per heavy atom. The summed E-state index contributed by atoms with van der Waals surface area (Å²) >= 11 is 0. The number of nitriles is 2. The lowest BCUT2D eigenvalue weighted by atomic mass is 9.67. The fourth-order valence-corrected chi connectivity index (χ4v) is 5.52. The Balaban J connectivity index is 1.58. The molecule has 0 aliphatic carbocycles. The van der Waals surface area contributed by atoms with E-state index in [0.29, 0.717) is 23.1 Å². The Hall–Kier alpha value is -3.28. The van der Waals surface area contributed by atoms with Gasteiger partial charge in [-0.1, -0.05) is 26.8 Å². The highest BCUT2D eigenvalue weighted by Gasteiger charge is 2.48. The average Bonchev–Trinajstić information content (AvgIpc) is 3.63. The lowest BCUT2D eigenvalue weighted by Crippen LogP contribution is -2.47. The van der Waals surface area contributed by atoms with Gasteiger partial charge in [0.05, 0.1) is 0 Å². The van der Waals surface area contributed by atoms with Gasteiger partial charge in [-0.05, 0) is 72.2 Å². The second-order valence-electron chi connectivity index (χ2n) is 10.5. The third-order valence-electron chi connectivity index (χ3n) is 7.77. The Morgan fingerprint density at radius 2 is 1.79 bits per heavy atom. The zero-order chi connectivity index (χ0) is 23.4. The van der Waals surface area contributed by atoms with Gasteiger partial charge in [0.25, 0.3) is 0 Å². The van der Waals surface area contributed by atoms with Crippen LogP contribution in [0.15, 0.2) is 53.0 Å². The fraction of sp³-hybridized carbons (Fsp3) is 0.429. The van der Waals surface area contributed by atoms with E-state index in [4.69, 9.17) is 4.74 Å². The minimum absolute atomic E-state index is 0.0938. The molecule has 1 saturated heterocycles. The van der Waals surface area contributed by atoms with Crippen LogP contribution < -0.4 is 10.2 Å². The van der Waals surface area contributed by atoms with Gasteiger partial charge in [0, 0.05) is 42.4 Å². The van der Waals surface area contributed by atoms with Crippen LogP contribution in [0.2, 0.25) is 0 Å². The summed E-state index contributed by atoms with van der Waals surface area (Å²) in [5, 5.41) is 22.1. The topological polar surface area (TPSA) is 82.0 Å². The van der Waals surface area contributed by atoms with Gasteiger partial charge in [0.2, 0.25) is 0 Å². The number of nitrogens with zero attached hydrogens (tertiary/aromatic N) is 3. The van der Waals surface area contributed by atoms with E-state index >= 15 is 0 Å². The van der Waals surface area contributed by atoms with Gasteiger partial charge in [-0.2, -0.15) is 10.5 Å². The van der Waals surface area contributed by atoms with Crippen molar-refractivity contribution in [2.45, 2.75) is 57.4 Å². The van der Waals surface area contributed by atoms with Crippen molar-refractivity contribution in [3.63, 3.8) is 0 Å². The molecule has 33 heavy (non-hydrogen) atoms. The molecular formula is C28H30N4O. The first-order chi connectivity index (χ1) is 15.7. The van der Waals surface area contributed by atoms with Gasteiger partial charge in [0.15, 0.2) is 0 Å². The number of rotatable bonds is 3. The number of allylic oxidation sites excluding steroid dienone is 6. The van der Waals surface area contributed by atoms with E-state index in [2.05, 4.69) is 49.2 Å². The first-order valence-corrected chi connectivity index (χ1v) is 11.7. The van der Waals surface area contributed by atoms with Crippen LogP contribution in [0.25, 0.3) is 6.08 Å². The molecule has 0 spiro atoms. The van der Waals surface area contributed by atoms with Crippen LogP contribution in [0.1, 0.15) is 57.2 Å². The fourth-order valence-electron chi connectivity index (χ4n) is 5.52. The molecule has 5 heteroatoms. The highest BCUT2D eigenvalue weighted by molar-refractivity contribution is 5.72. The second kappa shape index (κ2) is 7.65. The first kappa shape index (κ1) is 21.6. The molecule has 0 bridgehead atoms. The summed E-state index contributed by atoms with van der Waals surface area (Å²) in [5.74, 6) is 1.30. The van der Waals surface area contributed by atoms with E-state index < -0.39 is 0 Å². The molecule has 4 aliphatic rings. The normalized spacial score (nSPS) is 27.0. The van der Waals surface area contributed by atoms with Crippen LogP contribution in [0.4, 0.5) is 5.69 Å². The largest absolute Gasteiger partial charge is 0.462 e. The summed E-state index contributed by atoms with van der Waals surface area (Å²) in [6, 6.07) is 9.19. The maximum Gasteiger partial charge on any atom is 0.137 e. The van der Waals surface area contributed by atoms with Crippen LogP contribution >= 0.6 is 0 Å². The van der Waals surface area contributed by atoms with Crippen LogP contribution in [0.5, 0.6) is 0 Å². The van der Waals surface area contributed by atoms with Crippen molar-refractivity contribution < 1.29 is 4.74 Å². The van der Waals surface area contributed by atoms with E-state index in [-0.39, 0.29) is 16.4 Å². The van der Waals surface area contributed by atoms with Crippen LogP contribution in [0, 0.1) is 22.7 Å². The SMILES string of the molecule is CC1=CC(=C(C#N)C#N)C=C(/C=C/c2cc3c4c(c2)C(C)(C2CN2)CCN4CCC3(C)C)O1. The summed E-state index contributed by atoms with van der Waals surface area (Å²) in [7, 11) is 0. The minimum atomic E-state index is 0.0938. The Morgan fingerprint density at radius 3 is 2.48 bits per heavy atom. The minimum Gasteiger partial charge on any atom is -0.462 e. The number of hydrogen-bond donors (Lipinski definition) is 1. The molecule has 0 saturated carbocycles. The molecule has 0 radical (unpaired) electrons. The predicted molar refractivity (Wildman–Crippen MR) is 130 cm³/mol. The van der Waals surface area contributed by atoms with Crippen LogP contribution in [-0.4, -0.2) is 25.7 Å². The summed E-state index contributed by atoms with van der Waals surface area (Å²) in [5.41, 5.74) is 6.46. The third-order valence-corrected chi connectivity index (χ3v) is 7.77. The molecule has 4 aliphatic heterocycles. The van der Waals surface area contributed by atoms with Crippen molar-refractivity contribution in [2.75, 3.05) is 24.5 Å². The number of benzene rings is 1. The molecule has 1 fully saturated rings. The van der Waals surface area contributed by atoms with Gasteiger partial charge >= 0.3 is 0 Å². The van der Waals surface area contributed by atoms with E-state index in [0.717, 1.165) is 31.6 Å². The summed E-state index contributed by atoms with van der Waals surface area (Å²) in [6.45, 7) is 12.3. The molecule has 0 amide bonds. The molecule has 5 rings (SSSR count). The quantitative estimate of drug-likeness (QED) is 0.531. The van der Waals surface area contributed by atoms with E-state index in [1.54, 1.807) is 12.2 Å². The molecule has 1 N–H and O–H groups in total. The highest BCUT2D eigenvalue weighted by atomic mass is 16.5. The van der Waals surface area contributed by atoms with Crippen LogP contribution in [-0.2, 0) is 15.6 Å². The van der Waals surface area contributed by atoms with Gasteiger partial charge < -0.3 is 15.0 Å². The standard InChI is InChI=1S/C28H30N4O/c1-18-11-20(21(15-29)16-30)14-22(33-18)6-5-19-12-23-26-24(13-19)28(4,25-17-31-25)8-10-32(26)9-7-27(23,2)3/h5-6,11-14,25,31H,7-10,17H2,1-4H3/b6-5+. The van der Waals surface area contributed by atoms with E-state index in [1.165, 1.54) is 23.2 Å². The molecule has 2 atom stereocenters. The van der Waals surface area contributed by atoms with Gasteiger partial charge in [-0.3, -0.25) is 0 Å². The van der Waals surface area contributed by atoms with Gasteiger partial charge in [-0.15, -0.1) is 0 Å². The predicted octanol–water partition coefficient (Wildman–Crippen LogP) is 4.98. The Kier molecular flexibility index (Phi) is 5.00. The number of hydrogen-bond acceptors (Lipinski definition) is 5. The van der Waals surface area contributed by atoms with Crippen molar-refractivity contribution in [2.24, 2.45) is 0 Å². The van der Waals surface area contributed by atoms with Crippen molar-refractivity contribution in [1.82, 2.24) is 5.32 Å². The molecule has 168 valence electrons. The molecule has 1 aromatic rings. The van der Waals surface area contributed by atoms with Crippen molar-refractivity contribution in [1.29, 1.82) is 10.5 Å². The molecule has 2 unspecified atom stereocenters. The highest BCUT2D eigenvalue weighted by Crippen LogP contribution is 2.51. The van der Waals surface area contributed by atoms with E-state index in [9.17, 15) is 10.5 Å². The number of anilines is 1. The van der Waals surface area contributed by atoms with Crippen LogP contribution in [0.3, 0.4) is 0 Å². The molecule has 0 aromatic heterocycles. The number of ether oxygens (including phenoxy) is 1. The first-order valence-electron chi connectivity index (χ1n) is 11.7. The Bertz CT molecular complexity index is 1210. The molecule has 4 heterocycles. The van der Waals surface area contributed by atoms with Gasteiger partial charge in [0.1, 0.15) is 29.2 Å². The van der Waals surface area contributed by atoms with Crippen molar-refractivity contribution >= 4 is 11.8 Å². The van der Waals surface area contributed by atoms with Crippen molar-refractivity contribution in [3.8, 4) is 12.1 Å². The second-order valence-corrected chi connectivity index (χ2v) is 10.5. The summed E-state index contributed by atoms with van der Waals surface area (Å²) in [4.78, 5) is 2.59. The molecule has 5 nitrogen and oxygen atoms in total. The zero-order valence-electron chi connectivity index (χ0n) is 19.8. The lowest BCUT2D eigenvalue weighted by Gasteiger charge is -2.49. The summed E-state index contributed by atoms with van der Waals surface area (Å²) in [6.07, 6.45) is 9.86. The lowest BCUT2D eigenvalue weighted by molar-refractivity contribution is 0.318. The monoisotopic (exact) mass is 438 g/mol. The van der Waals surface area contributed by atoms with Gasteiger partial charge in [-0.25, -0.2) is 0 Å². The van der Waals surface area contributed by atoms with Crippen molar-refractivity contribution in [3.05, 3.63) is 69.7 Å². The Labute approximate surface area is 196 Å². The zero-order valence-corrected chi connectivity index (χ0v) is 19.8. The maximum absolute atomic E-state index is 9.25. The molecule has 1 aromatic carbocycles. The smallest absolute Gasteiger partial charge is 0.137 e. The van der Waals surface area contributed by atoms with E-state index in [1.807, 2.05) is 25.1 Å². The maximum atomic E-state index is 9.25. The third kappa shape index (κ3) is 3.67. The summed E-state index contributed by atoms with van der Waals surface area (Å²) < 4.78 is 5.87.